The molecule has 7 heteroatoms. The fourth-order valence-electron chi connectivity index (χ4n) is 3.47. The predicted molar refractivity (Wildman–Crippen MR) is 77.9 cm³/mol. The van der Waals surface area contributed by atoms with Crippen molar-refractivity contribution in [3.05, 3.63) is 35.6 Å². The van der Waals surface area contributed by atoms with Crippen LogP contribution in [-0.2, 0) is 14.3 Å². The lowest BCUT2D eigenvalue weighted by Gasteiger charge is -2.38. The molecule has 6 nitrogen and oxygen atoms in total. The average Bonchev–Trinajstić information content (AvgIpc) is 2.79. The van der Waals surface area contributed by atoms with Crippen LogP contribution in [0.1, 0.15) is 24.3 Å². The summed E-state index contributed by atoms with van der Waals surface area (Å²) in [6, 6.07) is 5.33. The van der Waals surface area contributed by atoms with Crippen molar-refractivity contribution >= 4 is 18.0 Å². The van der Waals surface area contributed by atoms with Crippen LogP contribution in [0.25, 0.3) is 0 Å². The number of piperidine rings is 1. The molecule has 1 unspecified atom stereocenters. The van der Waals surface area contributed by atoms with Gasteiger partial charge in [-0.05, 0) is 30.5 Å². The highest BCUT2D eigenvalue weighted by Gasteiger charge is 2.59. The maximum absolute atomic E-state index is 13.1. The zero-order valence-electron chi connectivity index (χ0n) is 12.7. The Balaban J connectivity index is 1.90. The number of ether oxygens (including phenoxy) is 1. The molecular weight excluding hydrogens is 303 g/mol. The van der Waals surface area contributed by atoms with Gasteiger partial charge < -0.3 is 15.0 Å². The highest BCUT2D eigenvalue weighted by Crippen LogP contribution is 2.50. The van der Waals surface area contributed by atoms with Crippen molar-refractivity contribution < 1.29 is 23.5 Å². The summed E-state index contributed by atoms with van der Waals surface area (Å²) in [5.74, 6) is -2.30. The number of carbonyl (C=O) groups is 3. The molecule has 0 aliphatic carbocycles. The number of halogens is 1. The Morgan fingerprint density at radius 2 is 1.87 bits per heavy atom. The molecule has 122 valence electrons. The van der Waals surface area contributed by atoms with E-state index >= 15 is 0 Å². The van der Waals surface area contributed by atoms with Crippen LogP contribution in [0.4, 0.5) is 9.18 Å². The number of rotatable bonds is 1. The summed E-state index contributed by atoms with van der Waals surface area (Å²) in [6.07, 6.45) is 0.681. The molecule has 0 aromatic heterocycles. The molecule has 23 heavy (non-hydrogen) atoms. The quantitative estimate of drug-likeness (QED) is 0.627. The van der Waals surface area contributed by atoms with Gasteiger partial charge in [0, 0.05) is 20.1 Å². The van der Waals surface area contributed by atoms with Gasteiger partial charge >= 0.3 is 18.0 Å². The number of urea groups is 1. The van der Waals surface area contributed by atoms with Gasteiger partial charge in [0.05, 0.1) is 11.3 Å². The third-order valence-corrected chi connectivity index (χ3v) is 4.75. The molecule has 3 rings (SSSR count). The van der Waals surface area contributed by atoms with Crippen LogP contribution in [0, 0.1) is 11.2 Å². The van der Waals surface area contributed by atoms with Crippen molar-refractivity contribution in [3.63, 3.8) is 0 Å². The van der Waals surface area contributed by atoms with Gasteiger partial charge in [0.25, 0.3) is 0 Å². The molecule has 1 N–H and O–H groups in total. The Morgan fingerprint density at radius 1 is 1.26 bits per heavy atom. The van der Waals surface area contributed by atoms with E-state index in [9.17, 15) is 18.8 Å². The number of nitrogens with one attached hydrogen (secondary N) is 1. The first-order valence-corrected chi connectivity index (χ1v) is 7.46. The van der Waals surface area contributed by atoms with Gasteiger partial charge in [0.2, 0.25) is 0 Å². The molecule has 2 aliphatic rings. The van der Waals surface area contributed by atoms with Crippen molar-refractivity contribution in [2.75, 3.05) is 20.1 Å². The number of benzene rings is 1. The second kappa shape index (κ2) is 5.64. The molecule has 0 saturated carbocycles. The zero-order valence-corrected chi connectivity index (χ0v) is 12.7. The van der Waals surface area contributed by atoms with Crippen molar-refractivity contribution in [1.29, 1.82) is 0 Å². The van der Waals surface area contributed by atoms with Crippen LogP contribution >= 0.6 is 0 Å². The van der Waals surface area contributed by atoms with E-state index in [4.69, 9.17) is 4.74 Å². The molecule has 1 atom stereocenters. The van der Waals surface area contributed by atoms with Crippen LogP contribution < -0.4 is 5.32 Å². The molecule has 1 aromatic carbocycles. The number of cyclic esters (lactones) is 2. The SMILES string of the molecule is CNC(=O)N1CCC2(CC1)C(=O)OC(=O)C2c1ccc(F)cc1. The smallest absolute Gasteiger partial charge is 0.322 e. The normalized spacial score (nSPS) is 23.0. The topological polar surface area (TPSA) is 75.7 Å². The third kappa shape index (κ3) is 2.46. The van der Waals surface area contributed by atoms with Crippen LogP contribution in [0.5, 0.6) is 0 Å². The number of amides is 2. The second-order valence-electron chi connectivity index (χ2n) is 5.89. The molecule has 2 heterocycles. The molecule has 2 amide bonds. The summed E-state index contributed by atoms with van der Waals surface area (Å²) < 4.78 is 18.0. The molecule has 2 aliphatic heterocycles. The molecule has 2 fully saturated rings. The third-order valence-electron chi connectivity index (χ3n) is 4.75. The van der Waals surface area contributed by atoms with E-state index in [1.165, 1.54) is 24.3 Å². The van der Waals surface area contributed by atoms with Crippen LogP contribution in [0.3, 0.4) is 0 Å². The van der Waals surface area contributed by atoms with Crippen LogP contribution in [0.2, 0.25) is 0 Å². The van der Waals surface area contributed by atoms with Gasteiger partial charge in [0.1, 0.15) is 5.82 Å². The molecule has 1 aromatic rings. The maximum atomic E-state index is 13.1. The van der Waals surface area contributed by atoms with E-state index in [0.29, 0.717) is 31.5 Å². The lowest BCUT2D eigenvalue weighted by Crippen LogP contribution is -2.49. The van der Waals surface area contributed by atoms with Gasteiger partial charge in [0.15, 0.2) is 0 Å². The molecule has 0 radical (unpaired) electrons. The lowest BCUT2D eigenvalue weighted by atomic mass is 9.67. The van der Waals surface area contributed by atoms with Crippen LogP contribution in [0.15, 0.2) is 24.3 Å². The summed E-state index contributed by atoms with van der Waals surface area (Å²) in [5.41, 5.74) is -0.407. The van der Waals surface area contributed by atoms with E-state index in [1.807, 2.05) is 0 Å². The summed E-state index contributed by atoms with van der Waals surface area (Å²) in [7, 11) is 1.54. The fraction of sp³-hybridized carbons (Fsp3) is 0.438. The number of likely N-dealkylation sites (tertiary alicyclic amines) is 1. The van der Waals surface area contributed by atoms with Gasteiger partial charge in [-0.25, -0.2) is 9.18 Å². The fourth-order valence-corrected chi connectivity index (χ4v) is 3.47. The van der Waals surface area contributed by atoms with Crippen molar-refractivity contribution in [2.24, 2.45) is 5.41 Å². The molecule has 1 spiro atoms. The van der Waals surface area contributed by atoms with Crippen molar-refractivity contribution in [1.82, 2.24) is 10.2 Å². The Morgan fingerprint density at radius 3 is 2.43 bits per heavy atom. The predicted octanol–water partition coefficient (Wildman–Crippen LogP) is 1.41. The number of hydrogen-bond acceptors (Lipinski definition) is 4. The van der Waals surface area contributed by atoms with Gasteiger partial charge in [-0.2, -0.15) is 0 Å². The Bertz CT molecular complexity index is 651. The second-order valence-corrected chi connectivity index (χ2v) is 5.89. The summed E-state index contributed by atoms with van der Waals surface area (Å²) in [4.78, 5) is 37.8. The number of carbonyl (C=O) groups excluding carboxylic acids is 3. The lowest BCUT2D eigenvalue weighted by molar-refractivity contribution is -0.156. The Hall–Kier alpha value is -2.44. The highest BCUT2D eigenvalue weighted by atomic mass is 19.1. The van der Waals surface area contributed by atoms with Gasteiger partial charge in [-0.15, -0.1) is 0 Å². The minimum atomic E-state index is -0.973. The van der Waals surface area contributed by atoms with E-state index in [0.717, 1.165) is 0 Å². The number of esters is 2. The monoisotopic (exact) mass is 320 g/mol. The van der Waals surface area contributed by atoms with Crippen LogP contribution in [-0.4, -0.2) is 43.0 Å². The minimum absolute atomic E-state index is 0.212. The first-order chi connectivity index (χ1) is 11.0. The number of hydrogen-bond donors (Lipinski definition) is 1. The standard InChI is InChI=1S/C16H17FN2O4/c1-18-15(22)19-8-6-16(7-9-19)12(13(20)23-14(16)21)10-2-4-11(17)5-3-10/h2-5,12H,6-9H2,1H3,(H,18,22). The van der Waals surface area contributed by atoms with E-state index < -0.39 is 29.1 Å². The van der Waals surface area contributed by atoms with E-state index in [-0.39, 0.29) is 6.03 Å². The molecular formula is C16H17FN2O4. The summed E-state index contributed by atoms with van der Waals surface area (Å²) >= 11 is 0. The maximum Gasteiger partial charge on any atom is 0.322 e. The summed E-state index contributed by atoms with van der Waals surface area (Å²) in [6.45, 7) is 0.722. The zero-order chi connectivity index (χ0) is 16.6. The molecule has 2 saturated heterocycles. The van der Waals surface area contributed by atoms with Gasteiger partial charge in [-0.3, -0.25) is 9.59 Å². The molecule has 0 bridgehead atoms. The first kappa shape index (κ1) is 15.5. The van der Waals surface area contributed by atoms with Crippen molar-refractivity contribution in [3.8, 4) is 0 Å². The average molecular weight is 320 g/mol. The largest absolute Gasteiger partial charge is 0.392 e. The first-order valence-electron chi connectivity index (χ1n) is 7.46. The Kier molecular flexibility index (Phi) is 3.79. The highest BCUT2D eigenvalue weighted by molar-refractivity contribution is 6.02. The van der Waals surface area contributed by atoms with Crippen molar-refractivity contribution in [2.45, 2.75) is 18.8 Å². The van der Waals surface area contributed by atoms with E-state index in [2.05, 4.69) is 5.32 Å². The number of nitrogens with zero attached hydrogens (tertiary/aromatic N) is 1. The van der Waals surface area contributed by atoms with E-state index in [1.54, 1.807) is 11.9 Å². The Labute approximate surface area is 132 Å². The minimum Gasteiger partial charge on any atom is -0.392 e. The van der Waals surface area contributed by atoms with Gasteiger partial charge in [-0.1, -0.05) is 12.1 Å². The summed E-state index contributed by atoms with van der Waals surface area (Å²) in [5, 5.41) is 2.55.